The van der Waals surface area contributed by atoms with Gasteiger partial charge in [0.05, 0.1) is 7.11 Å². The number of carbonyl (C=O) groups is 3. The van der Waals surface area contributed by atoms with Crippen molar-refractivity contribution in [2.45, 2.75) is 52.5 Å². The Labute approximate surface area is 142 Å². The van der Waals surface area contributed by atoms with E-state index in [2.05, 4.69) is 5.32 Å². The monoisotopic (exact) mass is 331 g/mol. The molecule has 1 aliphatic rings. The van der Waals surface area contributed by atoms with Crippen LogP contribution in [0, 0.1) is 5.92 Å². The van der Waals surface area contributed by atoms with E-state index in [1.54, 1.807) is 0 Å². The van der Waals surface area contributed by atoms with Crippen LogP contribution in [0.4, 0.5) is 0 Å². The summed E-state index contributed by atoms with van der Waals surface area (Å²) >= 11 is 0. The Morgan fingerprint density at radius 1 is 1.25 bits per heavy atom. The minimum atomic E-state index is -0.689. The molecule has 1 aliphatic carbocycles. The van der Waals surface area contributed by atoms with Crippen LogP contribution in [0.5, 0.6) is 0 Å². The number of benzene rings is 1. The molecule has 0 spiro atoms. The number of fused-ring (bicyclic) bond motifs is 1. The van der Waals surface area contributed by atoms with Gasteiger partial charge in [0.1, 0.15) is 6.04 Å². The van der Waals surface area contributed by atoms with Crippen LogP contribution in [-0.2, 0) is 22.4 Å². The zero-order chi connectivity index (χ0) is 17.9. The summed E-state index contributed by atoms with van der Waals surface area (Å²) in [6, 6.07) is 3.02. The van der Waals surface area contributed by atoms with Gasteiger partial charge >= 0.3 is 5.97 Å². The van der Waals surface area contributed by atoms with E-state index >= 15 is 0 Å². The van der Waals surface area contributed by atoms with Gasteiger partial charge in [-0.2, -0.15) is 0 Å². The van der Waals surface area contributed by atoms with E-state index in [-0.39, 0.29) is 17.6 Å². The smallest absolute Gasteiger partial charge is 0.328 e. The molecule has 24 heavy (non-hydrogen) atoms. The average Bonchev–Trinajstić information content (AvgIpc) is 2.98. The Morgan fingerprint density at radius 3 is 2.54 bits per heavy atom. The highest BCUT2D eigenvalue weighted by Gasteiger charge is 2.30. The van der Waals surface area contributed by atoms with Gasteiger partial charge in [0.15, 0.2) is 5.78 Å². The summed E-state index contributed by atoms with van der Waals surface area (Å²) in [6.07, 6.45) is 2.50. The molecule has 1 aromatic carbocycles. The van der Waals surface area contributed by atoms with E-state index < -0.39 is 12.0 Å². The quantitative estimate of drug-likeness (QED) is 0.814. The molecule has 1 N–H and O–H groups in total. The molecule has 0 fully saturated rings. The van der Waals surface area contributed by atoms with Gasteiger partial charge in [-0.15, -0.1) is 0 Å². The molecule has 0 aliphatic heterocycles. The predicted octanol–water partition coefficient (Wildman–Crippen LogP) is 2.70. The lowest BCUT2D eigenvalue weighted by Gasteiger charge is -2.22. The lowest BCUT2D eigenvalue weighted by molar-refractivity contribution is -0.144. The van der Waals surface area contributed by atoms with Crippen molar-refractivity contribution < 1.29 is 19.1 Å². The van der Waals surface area contributed by atoms with E-state index in [1.165, 1.54) is 7.11 Å². The van der Waals surface area contributed by atoms with Crippen LogP contribution in [0.3, 0.4) is 0 Å². The summed E-state index contributed by atoms with van der Waals surface area (Å²) in [5.74, 6) is -0.713. The third-order valence-electron chi connectivity index (χ3n) is 4.82. The van der Waals surface area contributed by atoms with Crippen molar-refractivity contribution in [3.63, 3.8) is 0 Å². The zero-order valence-electron chi connectivity index (χ0n) is 14.8. The third-order valence-corrected chi connectivity index (χ3v) is 4.82. The van der Waals surface area contributed by atoms with Crippen molar-refractivity contribution in [1.29, 1.82) is 0 Å². The first kappa shape index (κ1) is 18.2. The number of rotatable bonds is 6. The molecule has 5 heteroatoms. The number of methoxy groups -OCH3 is 1. The van der Waals surface area contributed by atoms with Gasteiger partial charge in [-0.05, 0) is 42.0 Å². The van der Waals surface area contributed by atoms with Crippen molar-refractivity contribution in [2.75, 3.05) is 7.11 Å². The summed E-state index contributed by atoms with van der Waals surface area (Å²) in [7, 11) is 1.32. The highest BCUT2D eigenvalue weighted by atomic mass is 16.5. The molecule has 2 rings (SSSR count). The Balaban J connectivity index is 2.35. The van der Waals surface area contributed by atoms with Crippen LogP contribution in [-0.4, -0.2) is 30.8 Å². The van der Waals surface area contributed by atoms with Crippen LogP contribution < -0.4 is 5.32 Å². The molecule has 0 aromatic heterocycles. The number of ketones is 1. The molecule has 1 amide bonds. The van der Waals surface area contributed by atoms with Crippen LogP contribution >= 0.6 is 0 Å². The van der Waals surface area contributed by atoms with Gasteiger partial charge in [0, 0.05) is 17.5 Å². The molecule has 0 bridgehead atoms. The lowest BCUT2D eigenvalue weighted by Crippen LogP contribution is -2.45. The van der Waals surface area contributed by atoms with Gasteiger partial charge in [0.25, 0.3) is 5.91 Å². The van der Waals surface area contributed by atoms with E-state index in [0.717, 1.165) is 24.0 Å². The topological polar surface area (TPSA) is 72.5 Å². The number of aryl methyl sites for hydroxylation is 1. The second kappa shape index (κ2) is 7.60. The number of amides is 1. The lowest BCUT2D eigenvalue weighted by atomic mass is 9.95. The highest BCUT2D eigenvalue weighted by molar-refractivity contribution is 6.06. The largest absolute Gasteiger partial charge is 0.467 e. The SMILES string of the molecule is CCc1cc2c(c(C(=O)NC(C(=O)OC)C(C)CC)c1)CCC2=O. The Kier molecular flexibility index (Phi) is 5.75. The first-order valence-electron chi connectivity index (χ1n) is 8.50. The van der Waals surface area contributed by atoms with Gasteiger partial charge in [-0.3, -0.25) is 9.59 Å². The first-order valence-corrected chi connectivity index (χ1v) is 8.50. The number of esters is 1. The summed E-state index contributed by atoms with van der Waals surface area (Å²) in [5, 5.41) is 2.81. The number of Topliss-reactive ketones (excluding diaryl/α,β-unsaturated/α-hetero) is 1. The van der Waals surface area contributed by atoms with Crippen molar-refractivity contribution >= 4 is 17.7 Å². The maximum atomic E-state index is 12.8. The van der Waals surface area contributed by atoms with E-state index in [9.17, 15) is 14.4 Å². The number of hydrogen-bond acceptors (Lipinski definition) is 4. The minimum absolute atomic E-state index is 0.0366. The second-order valence-corrected chi connectivity index (χ2v) is 6.31. The predicted molar refractivity (Wildman–Crippen MR) is 91.2 cm³/mol. The fourth-order valence-electron chi connectivity index (χ4n) is 3.04. The molecule has 0 radical (unpaired) electrons. The maximum Gasteiger partial charge on any atom is 0.328 e. The fraction of sp³-hybridized carbons (Fsp3) is 0.526. The highest BCUT2D eigenvalue weighted by Crippen LogP contribution is 2.27. The molecule has 2 atom stereocenters. The summed E-state index contributed by atoms with van der Waals surface area (Å²) in [6.45, 7) is 5.85. The molecular weight excluding hydrogens is 306 g/mol. The van der Waals surface area contributed by atoms with Gasteiger partial charge in [0.2, 0.25) is 0 Å². The Hall–Kier alpha value is -2.17. The summed E-state index contributed by atoms with van der Waals surface area (Å²) < 4.78 is 4.82. The second-order valence-electron chi connectivity index (χ2n) is 6.31. The van der Waals surface area contributed by atoms with Crippen molar-refractivity contribution in [3.05, 3.63) is 34.4 Å². The number of hydrogen-bond donors (Lipinski definition) is 1. The molecular formula is C19H25NO4. The van der Waals surface area contributed by atoms with E-state index in [4.69, 9.17) is 4.74 Å². The minimum Gasteiger partial charge on any atom is -0.467 e. The van der Waals surface area contributed by atoms with Crippen LogP contribution in [0.15, 0.2) is 12.1 Å². The van der Waals surface area contributed by atoms with Gasteiger partial charge < -0.3 is 10.1 Å². The van der Waals surface area contributed by atoms with E-state index in [0.29, 0.717) is 24.0 Å². The fourth-order valence-corrected chi connectivity index (χ4v) is 3.04. The molecule has 0 saturated heterocycles. The molecule has 1 aromatic rings. The maximum absolute atomic E-state index is 12.8. The molecule has 0 saturated carbocycles. The average molecular weight is 331 g/mol. The molecule has 130 valence electrons. The summed E-state index contributed by atoms with van der Waals surface area (Å²) in [4.78, 5) is 36.8. The van der Waals surface area contributed by atoms with E-state index in [1.807, 2.05) is 32.9 Å². The molecule has 0 heterocycles. The van der Waals surface area contributed by atoms with Crippen LogP contribution in [0.25, 0.3) is 0 Å². The van der Waals surface area contributed by atoms with Crippen molar-refractivity contribution in [1.82, 2.24) is 5.32 Å². The van der Waals surface area contributed by atoms with Crippen molar-refractivity contribution in [3.8, 4) is 0 Å². The van der Waals surface area contributed by atoms with Crippen LogP contribution in [0.1, 0.15) is 65.5 Å². The zero-order valence-corrected chi connectivity index (χ0v) is 14.8. The third kappa shape index (κ3) is 3.50. The first-order chi connectivity index (χ1) is 11.4. The van der Waals surface area contributed by atoms with Gasteiger partial charge in [-0.25, -0.2) is 4.79 Å². The van der Waals surface area contributed by atoms with Crippen LogP contribution in [0.2, 0.25) is 0 Å². The standard InChI is InChI=1S/C19H25NO4/c1-5-11(3)17(19(23)24-4)20-18(22)15-10-12(6-2)9-14-13(15)7-8-16(14)21/h9-11,17H,5-8H2,1-4H3,(H,20,22). The Morgan fingerprint density at radius 2 is 1.96 bits per heavy atom. The summed E-state index contributed by atoms with van der Waals surface area (Å²) in [5.41, 5.74) is 2.90. The normalized spacial score (nSPS) is 15.6. The number of nitrogens with one attached hydrogen (secondary N) is 1. The Bertz CT molecular complexity index is 666. The number of ether oxygens (including phenoxy) is 1. The molecule has 2 unspecified atom stereocenters. The van der Waals surface area contributed by atoms with Crippen molar-refractivity contribution in [2.24, 2.45) is 5.92 Å². The molecule has 5 nitrogen and oxygen atoms in total. The van der Waals surface area contributed by atoms with Gasteiger partial charge in [-0.1, -0.05) is 27.2 Å². The number of carbonyl (C=O) groups excluding carboxylic acids is 3.